The number of aliphatic hydroxyl groups excluding tert-OH is 1. The molecule has 0 bridgehead atoms. The summed E-state index contributed by atoms with van der Waals surface area (Å²) in [6, 6.07) is 0. The molecule has 0 aromatic rings. The van der Waals surface area contributed by atoms with Crippen molar-refractivity contribution in [3.05, 3.63) is 0 Å². The average molecular weight is 160 g/mol. The number of ether oxygens (including phenoxy) is 3. The average Bonchev–Trinajstić information content (AvgIpc) is 2.80. The van der Waals surface area contributed by atoms with Crippen LogP contribution in [0, 0.1) is 0 Å². The van der Waals surface area contributed by atoms with Crippen LogP contribution in [0.2, 0.25) is 0 Å². The first-order valence-corrected chi connectivity index (χ1v) is 3.79. The van der Waals surface area contributed by atoms with E-state index in [1.807, 2.05) is 0 Å². The van der Waals surface area contributed by atoms with Gasteiger partial charge in [0.1, 0.15) is 6.10 Å². The number of methoxy groups -OCH3 is 1. The van der Waals surface area contributed by atoms with Gasteiger partial charge in [0.2, 0.25) is 0 Å². The maximum atomic E-state index is 8.80. The highest BCUT2D eigenvalue weighted by Crippen LogP contribution is 2.36. The fraction of sp³-hybridized carbons (Fsp3) is 1.00. The van der Waals surface area contributed by atoms with Gasteiger partial charge in [-0.15, -0.1) is 0 Å². The summed E-state index contributed by atoms with van der Waals surface area (Å²) >= 11 is 0. The summed E-state index contributed by atoms with van der Waals surface area (Å²) in [5.41, 5.74) is 0. The maximum absolute atomic E-state index is 8.80. The summed E-state index contributed by atoms with van der Waals surface area (Å²) in [5, 5.41) is 8.80. The SMILES string of the molecule is CO[C@H]1O[C@@H](CO)C[C@@H]2O[C@H]12. The maximum Gasteiger partial charge on any atom is 0.186 e. The van der Waals surface area contributed by atoms with Crippen molar-refractivity contribution < 1.29 is 19.3 Å². The van der Waals surface area contributed by atoms with Gasteiger partial charge in [0.15, 0.2) is 6.29 Å². The third-order valence-electron chi connectivity index (χ3n) is 2.15. The Morgan fingerprint density at radius 1 is 1.55 bits per heavy atom. The first-order valence-electron chi connectivity index (χ1n) is 3.79. The third-order valence-corrected chi connectivity index (χ3v) is 2.15. The largest absolute Gasteiger partial charge is 0.394 e. The zero-order valence-corrected chi connectivity index (χ0v) is 6.40. The molecule has 2 aliphatic rings. The second-order valence-electron chi connectivity index (χ2n) is 2.92. The van der Waals surface area contributed by atoms with Crippen LogP contribution in [0.3, 0.4) is 0 Å². The molecule has 64 valence electrons. The molecule has 2 heterocycles. The Morgan fingerprint density at radius 2 is 2.36 bits per heavy atom. The molecule has 4 nitrogen and oxygen atoms in total. The van der Waals surface area contributed by atoms with E-state index >= 15 is 0 Å². The van der Waals surface area contributed by atoms with E-state index in [9.17, 15) is 0 Å². The normalized spacial score (nSPS) is 48.5. The van der Waals surface area contributed by atoms with Crippen LogP contribution in [0.5, 0.6) is 0 Å². The fourth-order valence-electron chi connectivity index (χ4n) is 1.47. The number of rotatable bonds is 2. The molecule has 2 saturated heterocycles. The van der Waals surface area contributed by atoms with Crippen molar-refractivity contribution >= 4 is 0 Å². The Morgan fingerprint density at radius 3 is 3.00 bits per heavy atom. The molecule has 1 N–H and O–H groups in total. The first kappa shape index (κ1) is 7.49. The number of epoxide rings is 1. The van der Waals surface area contributed by atoms with Crippen LogP contribution < -0.4 is 0 Å². The molecule has 0 aromatic heterocycles. The number of fused-ring (bicyclic) bond motifs is 1. The molecule has 0 aliphatic carbocycles. The zero-order chi connectivity index (χ0) is 7.84. The fourth-order valence-corrected chi connectivity index (χ4v) is 1.47. The van der Waals surface area contributed by atoms with Gasteiger partial charge in [-0.3, -0.25) is 0 Å². The molecule has 0 aromatic carbocycles. The van der Waals surface area contributed by atoms with Gasteiger partial charge in [-0.1, -0.05) is 0 Å². The lowest BCUT2D eigenvalue weighted by molar-refractivity contribution is -0.181. The number of hydrogen-bond donors (Lipinski definition) is 1. The lowest BCUT2D eigenvalue weighted by atomic mass is 10.1. The third kappa shape index (κ3) is 1.27. The van der Waals surface area contributed by atoms with Gasteiger partial charge < -0.3 is 19.3 Å². The highest BCUT2D eigenvalue weighted by molar-refractivity contribution is 4.93. The van der Waals surface area contributed by atoms with Crippen LogP contribution in [0.15, 0.2) is 0 Å². The second-order valence-corrected chi connectivity index (χ2v) is 2.92. The summed E-state index contributed by atoms with van der Waals surface area (Å²) in [5.74, 6) is 0. The monoisotopic (exact) mass is 160 g/mol. The standard InChI is InChI=1S/C7H12O4/c1-9-7-6-5(11-6)2-4(3-8)10-7/h4-8H,2-3H2,1H3/t4-,5+,6+,7+/m1/s1. The van der Waals surface area contributed by atoms with Crippen molar-refractivity contribution in [3.8, 4) is 0 Å². The molecule has 2 aliphatic heterocycles. The number of aliphatic hydroxyl groups is 1. The summed E-state index contributed by atoms with van der Waals surface area (Å²) in [6.45, 7) is 0.0481. The van der Waals surface area contributed by atoms with Crippen molar-refractivity contribution in [1.82, 2.24) is 0 Å². The molecule has 4 heteroatoms. The van der Waals surface area contributed by atoms with Gasteiger partial charge in [-0.25, -0.2) is 0 Å². The van der Waals surface area contributed by atoms with Crippen molar-refractivity contribution in [2.24, 2.45) is 0 Å². The van der Waals surface area contributed by atoms with E-state index in [0.717, 1.165) is 6.42 Å². The molecule has 0 amide bonds. The molecule has 2 fully saturated rings. The highest BCUT2D eigenvalue weighted by Gasteiger charge is 2.51. The first-order chi connectivity index (χ1) is 5.35. The van der Waals surface area contributed by atoms with Crippen molar-refractivity contribution in [1.29, 1.82) is 0 Å². The van der Waals surface area contributed by atoms with E-state index in [0.29, 0.717) is 0 Å². The van der Waals surface area contributed by atoms with Gasteiger partial charge in [0, 0.05) is 13.5 Å². The summed E-state index contributed by atoms with van der Waals surface area (Å²) in [6.07, 6.45) is 0.782. The Kier molecular flexibility index (Phi) is 1.85. The number of hydrogen-bond acceptors (Lipinski definition) is 4. The van der Waals surface area contributed by atoms with Crippen LogP contribution in [-0.4, -0.2) is 43.4 Å². The van der Waals surface area contributed by atoms with Gasteiger partial charge >= 0.3 is 0 Å². The quantitative estimate of drug-likeness (QED) is 0.554. The lowest BCUT2D eigenvalue weighted by Crippen LogP contribution is -2.36. The predicted octanol–water partition coefficient (Wildman–Crippen LogP) is -0.493. The van der Waals surface area contributed by atoms with E-state index in [-0.39, 0.29) is 31.2 Å². The Balaban J connectivity index is 1.92. The molecular formula is C7H12O4. The second kappa shape index (κ2) is 2.71. The topological polar surface area (TPSA) is 51.2 Å². The van der Waals surface area contributed by atoms with Crippen LogP contribution in [0.1, 0.15) is 6.42 Å². The minimum absolute atomic E-state index is 0.0481. The zero-order valence-electron chi connectivity index (χ0n) is 6.40. The van der Waals surface area contributed by atoms with Gasteiger partial charge in [0.05, 0.1) is 18.8 Å². The minimum Gasteiger partial charge on any atom is -0.394 e. The molecule has 11 heavy (non-hydrogen) atoms. The molecule has 0 unspecified atom stereocenters. The van der Waals surface area contributed by atoms with E-state index in [1.54, 1.807) is 7.11 Å². The summed E-state index contributed by atoms with van der Waals surface area (Å²) in [7, 11) is 1.59. The predicted molar refractivity (Wildman–Crippen MR) is 36.0 cm³/mol. The molecule has 0 saturated carbocycles. The highest BCUT2D eigenvalue weighted by atomic mass is 16.7. The van der Waals surface area contributed by atoms with Crippen LogP contribution in [-0.2, 0) is 14.2 Å². The Hall–Kier alpha value is -0.160. The van der Waals surface area contributed by atoms with E-state index in [1.165, 1.54) is 0 Å². The van der Waals surface area contributed by atoms with E-state index < -0.39 is 0 Å². The van der Waals surface area contributed by atoms with Crippen molar-refractivity contribution in [3.63, 3.8) is 0 Å². The Labute approximate surface area is 65.1 Å². The van der Waals surface area contributed by atoms with Gasteiger partial charge in [-0.2, -0.15) is 0 Å². The summed E-state index contributed by atoms with van der Waals surface area (Å²) in [4.78, 5) is 0. The van der Waals surface area contributed by atoms with E-state index in [4.69, 9.17) is 19.3 Å². The van der Waals surface area contributed by atoms with Crippen LogP contribution in [0.25, 0.3) is 0 Å². The Bertz CT molecular complexity index is 149. The molecule has 0 spiro atoms. The molecule has 2 rings (SSSR count). The van der Waals surface area contributed by atoms with Crippen LogP contribution >= 0.6 is 0 Å². The smallest absolute Gasteiger partial charge is 0.186 e. The van der Waals surface area contributed by atoms with E-state index in [2.05, 4.69) is 0 Å². The molecular weight excluding hydrogens is 148 g/mol. The summed E-state index contributed by atoms with van der Waals surface area (Å²) < 4.78 is 15.6. The molecule has 0 radical (unpaired) electrons. The van der Waals surface area contributed by atoms with Crippen molar-refractivity contribution in [2.45, 2.75) is 31.0 Å². The van der Waals surface area contributed by atoms with Gasteiger partial charge in [0.25, 0.3) is 0 Å². The molecule has 4 atom stereocenters. The minimum atomic E-state index is -0.272. The van der Waals surface area contributed by atoms with Gasteiger partial charge in [-0.05, 0) is 0 Å². The van der Waals surface area contributed by atoms with Crippen molar-refractivity contribution in [2.75, 3.05) is 13.7 Å². The van der Waals surface area contributed by atoms with Crippen LogP contribution in [0.4, 0.5) is 0 Å². The lowest BCUT2D eigenvalue weighted by Gasteiger charge is -2.24.